The van der Waals surface area contributed by atoms with Crippen molar-refractivity contribution in [3.05, 3.63) is 35.3 Å². The SMILES string of the molecule is Cc1ccn2c(CN(C)[C@H]3CCOC3)c(C(=O)N3CCCCCC3)nc2c1. The lowest BCUT2D eigenvalue weighted by Crippen LogP contribution is -2.35. The largest absolute Gasteiger partial charge is 0.380 e. The molecule has 2 saturated heterocycles. The smallest absolute Gasteiger partial charge is 0.274 e. The second kappa shape index (κ2) is 7.98. The van der Waals surface area contributed by atoms with Crippen LogP contribution in [0.5, 0.6) is 0 Å². The van der Waals surface area contributed by atoms with E-state index in [2.05, 4.69) is 35.4 Å². The molecular formula is C21H30N4O2. The number of imidazole rings is 1. The minimum atomic E-state index is 0.0873. The summed E-state index contributed by atoms with van der Waals surface area (Å²) in [5, 5.41) is 0. The predicted octanol–water partition coefficient (Wildman–Crippen LogP) is 2.88. The first-order chi connectivity index (χ1) is 13.1. The Balaban J connectivity index is 1.68. The van der Waals surface area contributed by atoms with E-state index in [1.54, 1.807) is 0 Å². The molecule has 4 heterocycles. The first kappa shape index (κ1) is 18.4. The topological polar surface area (TPSA) is 50.1 Å². The van der Waals surface area contributed by atoms with Crippen LogP contribution in [-0.4, -0.2) is 64.5 Å². The van der Waals surface area contributed by atoms with Gasteiger partial charge < -0.3 is 14.0 Å². The summed E-state index contributed by atoms with van der Waals surface area (Å²) >= 11 is 0. The van der Waals surface area contributed by atoms with Gasteiger partial charge in [-0.1, -0.05) is 12.8 Å². The maximum atomic E-state index is 13.3. The normalized spacial score (nSPS) is 21.1. The maximum absolute atomic E-state index is 13.3. The first-order valence-electron chi connectivity index (χ1n) is 10.2. The number of hydrogen-bond acceptors (Lipinski definition) is 4. The van der Waals surface area contributed by atoms with Crippen molar-refractivity contribution < 1.29 is 9.53 Å². The number of carbonyl (C=O) groups is 1. The molecule has 6 heteroatoms. The summed E-state index contributed by atoms with van der Waals surface area (Å²) < 4.78 is 7.64. The fraction of sp³-hybridized carbons (Fsp3) is 0.619. The molecule has 6 nitrogen and oxygen atoms in total. The number of aryl methyl sites for hydroxylation is 1. The third kappa shape index (κ3) is 3.87. The van der Waals surface area contributed by atoms with Crippen LogP contribution >= 0.6 is 0 Å². The number of carbonyl (C=O) groups excluding carboxylic acids is 1. The Kier molecular flexibility index (Phi) is 5.45. The van der Waals surface area contributed by atoms with Crippen LogP contribution in [0.2, 0.25) is 0 Å². The van der Waals surface area contributed by atoms with E-state index in [0.717, 1.165) is 62.5 Å². The molecule has 146 valence electrons. The molecule has 2 aromatic heterocycles. The number of rotatable bonds is 4. The van der Waals surface area contributed by atoms with E-state index in [1.807, 2.05) is 11.1 Å². The van der Waals surface area contributed by atoms with Gasteiger partial charge in [0.05, 0.1) is 12.3 Å². The Hall–Kier alpha value is -1.92. The minimum absolute atomic E-state index is 0.0873. The number of amides is 1. The van der Waals surface area contributed by atoms with Crippen molar-refractivity contribution in [3.8, 4) is 0 Å². The lowest BCUT2D eigenvalue weighted by molar-refractivity contribution is 0.0753. The molecule has 0 spiro atoms. The highest BCUT2D eigenvalue weighted by molar-refractivity contribution is 5.94. The van der Waals surface area contributed by atoms with Gasteiger partial charge in [0.1, 0.15) is 5.65 Å². The number of likely N-dealkylation sites (tertiary alicyclic amines) is 1. The second-order valence-corrected chi connectivity index (χ2v) is 7.98. The highest BCUT2D eigenvalue weighted by Gasteiger charge is 2.27. The number of hydrogen-bond donors (Lipinski definition) is 0. The number of likely N-dealkylation sites (N-methyl/N-ethyl adjacent to an activating group) is 1. The fourth-order valence-electron chi connectivity index (χ4n) is 4.18. The Bertz CT molecular complexity index is 802. The van der Waals surface area contributed by atoms with Gasteiger partial charge in [0, 0.05) is 38.5 Å². The third-order valence-electron chi connectivity index (χ3n) is 5.90. The first-order valence-corrected chi connectivity index (χ1v) is 10.2. The summed E-state index contributed by atoms with van der Waals surface area (Å²) in [7, 11) is 2.12. The summed E-state index contributed by atoms with van der Waals surface area (Å²) in [4.78, 5) is 22.4. The Morgan fingerprint density at radius 1 is 1.30 bits per heavy atom. The number of ether oxygens (including phenoxy) is 1. The molecule has 27 heavy (non-hydrogen) atoms. The van der Waals surface area contributed by atoms with Gasteiger partial charge in [0.25, 0.3) is 5.91 Å². The molecule has 4 rings (SSSR count). The van der Waals surface area contributed by atoms with E-state index >= 15 is 0 Å². The van der Waals surface area contributed by atoms with Crippen LogP contribution in [0, 0.1) is 6.92 Å². The number of pyridine rings is 1. The lowest BCUT2D eigenvalue weighted by atomic mass is 10.2. The molecule has 2 aromatic rings. The van der Waals surface area contributed by atoms with Crippen molar-refractivity contribution >= 4 is 11.6 Å². The van der Waals surface area contributed by atoms with Gasteiger partial charge in [0.15, 0.2) is 5.69 Å². The average molecular weight is 370 g/mol. The lowest BCUT2D eigenvalue weighted by Gasteiger charge is -2.24. The number of nitrogens with zero attached hydrogens (tertiary/aromatic N) is 4. The van der Waals surface area contributed by atoms with Crippen molar-refractivity contribution in [2.45, 2.75) is 51.6 Å². The van der Waals surface area contributed by atoms with Crippen LogP contribution in [0.3, 0.4) is 0 Å². The van der Waals surface area contributed by atoms with Gasteiger partial charge in [0.2, 0.25) is 0 Å². The van der Waals surface area contributed by atoms with Crippen molar-refractivity contribution in [2.24, 2.45) is 0 Å². The van der Waals surface area contributed by atoms with Crippen LogP contribution in [0.15, 0.2) is 18.3 Å². The maximum Gasteiger partial charge on any atom is 0.274 e. The van der Waals surface area contributed by atoms with Crippen molar-refractivity contribution in [1.82, 2.24) is 19.2 Å². The van der Waals surface area contributed by atoms with E-state index in [1.165, 1.54) is 12.8 Å². The van der Waals surface area contributed by atoms with Crippen LogP contribution in [-0.2, 0) is 11.3 Å². The van der Waals surface area contributed by atoms with Crippen molar-refractivity contribution in [3.63, 3.8) is 0 Å². The summed E-state index contributed by atoms with van der Waals surface area (Å²) in [5.41, 5.74) is 3.63. The Morgan fingerprint density at radius 3 is 2.78 bits per heavy atom. The minimum Gasteiger partial charge on any atom is -0.380 e. The molecule has 0 N–H and O–H groups in total. The molecule has 0 saturated carbocycles. The molecule has 0 unspecified atom stereocenters. The Morgan fingerprint density at radius 2 is 2.07 bits per heavy atom. The van der Waals surface area contributed by atoms with Gasteiger partial charge in [-0.25, -0.2) is 4.98 Å². The zero-order valence-corrected chi connectivity index (χ0v) is 16.5. The van der Waals surface area contributed by atoms with Gasteiger partial charge >= 0.3 is 0 Å². The monoisotopic (exact) mass is 370 g/mol. The molecule has 2 fully saturated rings. The van der Waals surface area contributed by atoms with Crippen LogP contribution in [0.25, 0.3) is 5.65 Å². The van der Waals surface area contributed by atoms with E-state index < -0.39 is 0 Å². The summed E-state index contributed by atoms with van der Waals surface area (Å²) in [5.74, 6) is 0.0873. The van der Waals surface area contributed by atoms with E-state index in [-0.39, 0.29) is 5.91 Å². The van der Waals surface area contributed by atoms with Crippen LogP contribution in [0.1, 0.15) is 53.8 Å². The number of fused-ring (bicyclic) bond motifs is 1. The molecule has 0 radical (unpaired) electrons. The standard InChI is InChI=1S/C21H30N4O2/c1-16-7-11-25-18(14-23(2)17-8-12-27-15-17)20(22-19(25)13-16)21(26)24-9-5-3-4-6-10-24/h7,11,13,17H,3-6,8-10,12,14-15H2,1-2H3/t17-/m0/s1. The predicted molar refractivity (Wildman–Crippen MR) is 105 cm³/mol. The summed E-state index contributed by atoms with van der Waals surface area (Å²) in [6.07, 6.45) is 7.70. The van der Waals surface area contributed by atoms with E-state index in [0.29, 0.717) is 18.3 Å². The molecule has 2 aliphatic rings. The highest BCUT2D eigenvalue weighted by Crippen LogP contribution is 2.22. The molecule has 0 aliphatic carbocycles. The van der Waals surface area contributed by atoms with Crippen molar-refractivity contribution in [1.29, 1.82) is 0 Å². The quantitative estimate of drug-likeness (QED) is 0.830. The van der Waals surface area contributed by atoms with Gasteiger partial charge in [-0.15, -0.1) is 0 Å². The van der Waals surface area contributed by atoms with Gasteiger partial charge in [-0.2, -0.15) is 0 Å². The van der Waals surface area contributed by atoms with E-state index in [9.17, 15) is 4.79 Å². The third-order valence-corrected chi connectivity index (χ3v) is 5.90. The average Bonchev–Trinajstić information content (AvgIpc) is 3.22. The zero-order valence-electron chi connectivity index (χ0n) is 16.5. The fourth-order valence-corrected chi connectivity index (χ4v) is 4.18. The number of aromatic nitrogens is 2. The summed E-state index contributed by atoms with van der Waals surface area (Å²) in [6.45, 7) is 6.04. The van der Waals surface area contributed by atoms with E-state index in [4.69, 9.17) is 9.72 Å². The van der Waals surface area contributed by atoms with Gasteiger partial charge in [-0.3, -0.25) is 9.69 Å². The van der Waals surface area contributed by atoms with Crippen LogP contribution in [0.4, 0.5) is 0 Å². The molecule has 0 aromatic carbocycles. The molecule has 2 aliphatic heterocycles. The van der Waals surface area contributed by atoms with Crippen molar-refractivity contribution in [2.75, 3.05) is 33.4 Å². The molecule has 0 bridgehead atoms. The molecular weight excluding hydrogens is 340 g/mol. The molecule has 1 atom stereocenters. The van der Waals surface area contributed by atoms with Crippen LogP contribution < -0.4 is 0 Å². The zero-order chi connectivity index (χ0) is 18.8. The molecule has 1 amide bonds. The van der Waals surface area contributed by atoms with Gasteiger partial charge in [-0.05, 0) is 50.9 Å². The second-order valence-electron chi connectivity index (χ2n) is 7.98. The highest BCUT2D eigenvalue weighted by atomic mass is 16.5. The Labute approximate surface area is 161 Å². The summed E-state index contributed by atoms with van der Waals surface area (Å²) in [6, 6.07) is 4.54.